The minimum Gasteiger partial charge on any atom is -0.489 e. The zero-order valence-corrected chi connectivity index (χ0v) is 24.0. The van der Waals surface area contributed by atoms with Crippen LogP contribution in [-0.4, -0.2) is 22.7 Å². The highest BCUT2D eigenvalue weighted by Crippen LogP contribution is 2.35. The zero-order chi connectivity index (χ0) is 27.9. The lowest BCUT2D eigenvalue weighted by Gasteiger charge is -2.18. The number of fused-ring (bicyclic) bond motifs is 1. The number of nitro groups is 1. The zero-order valence-electron chi connectivity index (χ0n) is 24.0. The van der Waals surface area contributed by atoms with Gasteiger partial charge >= 0.3 is 0 Å². The van der Waals surface area contributed by atoms with Gasteiger partial charge in [0.2, 0.25) is 5.75 Å². The number of pyridine rings is 1. The van der Waals surface area contributed by atoms with Crippen molar-refractivity contribution in [3.8, 4) is 11.5 Å². The van der Waals surface area contributed by atoms with E-state index in [0.717, 1.165) is 44.9 Å². The average Bonchev–Trinajstić information content (AvgIpc) is 2.88. The normalized spacial score (nSPS) is 11.6. The van der Waals surface area contributed by atoms with Crippen molar-refractivity contribution in [2.45, 2.75) is 105 Å². The molecular formula is C31H46N2O5. The van der Waals surface area contributed by atoms with Gasteiger partial charge in [0.15, 0.2) is 5.75 Å². The van der Waals surface area contributed by atoms with Crippen molar-refractivity contribution in [3.63, 3.8) is 0 Å². The summed E-state index contributed by atoms with van der Waals surface area (Å²) in [6.45, 7) is 11.7. The van der Waals surface area contributed by atoms with Gasteiger partial charge in [-0.15, -0.1) is 0 Å². The molecule has 2 aromatic rings. The maximum Gasteiger partial charge on any atom is 0.297 e. The van der Waals surface area contributed by atoms with Gasteiger partial charge in [-0.25, -0.2) is 0 Å². The lowest BCUT2D eigenvalue weighted by molar-refractivity contribution is -0.384. The molecule has 0 amide bonds. The van der Waals surface area contributed by atoms with Crippen LogP contribution in [0.4, 0.5) is 5.69 Å². The molecule has 7 nitrogen and oxygen atoms in total. The maximum atomic E-state index is 13.8. The van der Waals surface area contributed by atoms with Crippen LogP contribution < -0.4 is 15.0 Å². The number of benzene rings is 1. The lowest BCUT2D eigenvalue weighted by atomic mass is 10.1. The predicted molar refractivity (Wildman–Crippen MR) is 157 cm³/mol. The van der Waals surface area contributed by atoms with Crippen molar-refractivity contribution in [1.29, 1.82) is 0 Å². The second-order valence-electron chi connectivity index (χ2n) is 10.2. The third kappa shape index (κ3) is 9.66. The molecule has 0 aliphatic heterocycles. The Hall–Kier alpha value is -3.09. The third-order valence-electron chi connectivity index (χ3n) is 6.60. The van der Waals surface area contributed by atoms with E-state index in [0.29, 0.717) is 29.8 Å². The van der Waals surface area contributed by atoms with Gasteiger partial charge in [0.25, 0.3) is 11.2 Å². The SMILES string of the molecule is CCCCCCCCn1c(=O)c(OCC=C(C)CCC=C(C)C)c(OCCCC)c2ccc([N+](=O)[O-])cc21. The summed E-state index contributed by atoms with van der Waals surface area (Å²) in [7, 11) is 0. The van der Waals surface area contributed by atoms with Gasteiger partial charge in [0.05, 0.1) is 17.0 Å². The number of ether oxygens (including phenoxy) is 2. The molecule has 1 aromatic carbocycles. The van der Waals surface area contributed by atoms with Crippen molar-refractivity contribution >= 4 is 16.6 Å². The van der Waals surface area contributed by atoms with E-state index in [4.69, 9.17) is 9.47 Å². The molecule has 0 N–H and O–H groups in total. The average molecular weight is 527 g/mol. The van der Waals surface area contributed by atoms with Crippen molar-refractivity contribution in [1.82, 2.24) is 4.57 Å². The summed E-state index contributed by atoms with van der Waals surface area (Å²) in [5.74, 6) is 0.560. The monoisotopic (exact) mass is 526 g/mol. The van der Waals surface area contributed by atoms with Gasteiger partial charge in [0.1, 0.15) is 6.61 Å². The molecule has 0 fully saturated rings. The lowest BCUT2D eigenvalue weighted by Crippen LogP contribution is -2.24. The van der Waals surface area contributed by atoms with Gasteiger partial charge in [-0.3, -0.25) is 14.9 Å². The summed E-state index contributed by atoms with van der Waals surface area (Å²) in [6.07, 6.45) is 14.4. The largest absolute Gasteiger partial charge is 0.489 e. The number of non-ortho nitro benzene ring substituents is 1. The first kappa shape index (κ1) is 31.1. The number of aromatic nitrogens is 1. The highest BCUT2D eigenvalue weighted by atomic mass is 16.6. The molecule has 0 aliphatic rings. The number of nitrogens with zero attached hydrogens (tertiary/aromatic N) is 2. The fourth-order valence-corrected chi connectivity index (χ4v) is 4.32. The number of hydrogen-bond acceptors (Lipinski definition) is 5. The van der Waals surface area contributed by atoms with Crippen molar-refractivity contribution < 1.29 is 14.4 Å². The van der Waals surface area contributed by atoms with Crippen LogP contribution in [0.1, 0.15) is 98.8 Å². The fourth-order valence-electron chi connectivity index (χ4n) is 4.32. The van der Waals surface area contributed by atoms with Crippen LogP contribution in [0, 0.1) is 10.1 Å². The van der Waals surface area contributed by atoms with E-state index in [1.165, 1.54) is 42.5 Å². The second kappa shape index (κ2) is 16.7. The smallest absolute Gasteiger partial charge is 0.297 e. The first-order valence-corrected chi connectivity index (χ1v) is 14.2. The molecule has 0 spiro atoms. The predicted octanol–water partition coefficient (Wildman–Crippen LogP) is 8.52. The molecule has 0 bridgehead atoms. The van der Waals surface area contributed by atoms with Crippen LogP contribution >= 0.6 is 0 Å². The number of hydrogen-bond donors (Lipinski definition) is 0. The molecule has 2 rings (SSSR count). The van der Waals surface area contributed by atoms with E-state index in [-0.39, 0.29) is 23.6 Å². The maximum absolute atomic E-state index is 13.8. The van der Waals surface area contributed by atoms with E-state index < -0.39 is 4.92 Å². The summed E-state index contributed by atoms with van der Waals surface area (Å²) >= 11 is 0. The molecule has 0 unspecified atom stereocenters. The summed E-state index contributed by atoms with van der Waals surface area (Å²) in [4.78, 5) is 24.9. The molecule has 0 saturated carbocycles. The molecule has 7 heteroatoms. The Balaban J connectivity index is 2.45. The van der Waals surface area contributed by atoms with Gasteiger partial charge in [-0.2, -0.15) is 0 Å². The minimum atomic E-state index is -0.427. The van der Waals surface area contributed by atoms with Gasteiger partial charge in [0, 0.05) is 24.1 Å². The second-order valence-corrected chi connectivity index (χ2v) is 10.2. The van der Waals surface area contributed by atoms with Crippen molar-refractivity contribution in [2.75, 3.05) is 13.2 Å². The quantitative estimate of drug-likeness (QED) is 0.0841. The van der Waals surface area contributed by atoms with E-state index in [1.807, 2.05) is 6.08 Å². The van der Waals surface area contributed by atoms with Crippen LogP contribution in [0.25, 0.3) is 10.9 Å². The van der Waals surface area contributed by atoms with Gasteiger partial charge in [-0.05, 0) is 58.6 Å². The Bertz CT molecular complexity index is 1160. The highest BCUT2D eigenvalue weighted by Gasteiger charge is 2.21. The molecule has 1 heterocycles. The molecular weight excluding hydrogens is 480 g/mol. The molecule has 210 valence electrons. The van der Waals surface area contributed by atoms with Crippen LogP contribution in [-0.2, 0) is 6.54 Å². The Morgan fingerprint density at radius 2 is 1.66 bits per heavy atom. The Morgan fingerprint density at radius 3 is 2.34 bits per heavy atom. The number of aryl methyl sites for hydroxylation is 1. The Kier molecular flexibility index (Phi) is 13.7. The minimum absolute atomic E-state index is 0.0447. The van der Waals surface area contributed by atoms with E-state index in [9.17, 15) is 14.9 Å². The topological polar surface area (TPSA) is 83.6 Å². The molecule has 0 radical (unpaired) electrons. The van der Waals surface area contributed by atoms with E-state index >= 15 is 0 Å². The molecule has 0 aliphatic carbocycles. The van der Waals surface area contributed by atoms with Crippen LogP contribution in [0.3, 0.4) is 0 Å². The van der Waals surface area contributed by atoms with Crippen molar-refractivity contribution in [2.24, 2.45) is 0 Å². The van der Waals surface area contributed by atoms with Gasteiger partial charge in [-0.1, -0.05) is 69.6 Å². The van der Waals surface area contributed by atoms with Crippen LogP contribution in [0.2, 0.25) is 0 Å². The highest BCUT2D eigenvalue weighted by molar-refractivity contribution is 5.89. The number of allylic oxidation sites excluding steroid dienone is 3. The molecule has 1 aromatic heterocycles. The molecule has 0 saturated heterocycles. The summed E-state index contributed by atoms with van der Waals surface area (Å²) in [5, 5.41) is 12.2. The number of rotatable bonds is 18. The molecule has 0 atom stereocenters. The van der Waals surface area contributed by atoms with Crippen molar-refractivity contribution in [3.05, 3.63) is 62.0 Å². The Morgan fingerprint density at radius 1 is 0.947 bits per heavy atom. The standard InChI is InChI=1S/C31H46N2O5/c1-6-8-10-11-12-13-20-32-28-23-26(33(35)36)17-18-27(28)29(37-21-9-7-2)30(31(32)34)38-22-19-25(5)16-14-15-24(3)4/h15,17-19,23H,6-14,16,20-22H2,1-5H3. The van der Waals surface area contributed by atoms with Crippen LogP contribution in [0.5, 0.6) is 11.5 Å². The third-order valence-corrected chi connectivity index (χ3v) is 6.60. The first-order valence-electron chi connectivity index (χ1n) is 14.2. The van der Waals surface area contributed by atoms with E-state index in [1.54, 1.807) is 10.6 Å². The summed E-state index contributed by atoms with van der Waals surface area (Å²) < 4.78 is 13.8. The number of nitro benzene ring substituents is 1. The molecule has 38 heavy (non-hydrogen) atoms. The fraction of sp³-hybridized carbons (Fsp3) is 0.581. The van der Waals surface area contributed by atoms with Gasteiger partial charge < -0.3 is 14.0 Å². The first-order chi connectivity index (χ1) is 18.3. The Labute approximate surface area is 227 Å². The summed E-state index contributed by atoms with van der Waals surface area (Å²) in [5.41, 5.74) is 2.67. The van der Waals surface area contributed by atoms with Crippen LogP contribution in [0.15, 0.2) is 46.3 Å². The number of unbranched alkanes of at least 4 members (excludes halogenated alkanes) is 6. The summed E-state index contributed by atoms with van der Waals surface area (Å²) in [6, 6.07) is 4.63. The van der Waals surface area contributed by atoms with E-state index in [2.05, 4.69) is 40.7 Å².